The quantitative estimate of drug-likeness (QED) is 0.759. The summed E-state index contributed by atoms with van der Waals surface area (Å²) in [5, 5.41) is 0. The van der Waals surface area contributed by atoms with Crippen LogP contribution in [0.1, 0.15) is 28.4 Å². The Bertz CT molecular complexity index is 552. The van der Waals surface area contributed by atoms with E-state index in [1.165, 1.54) is 0 Å². The van der Waals surface area contributed by atoms with Crippen molar-refractivity contribution in [2.24, 2.45) is 0 Å². The number of hydrogen-bond acceptors (Lipinski definition) is 3. The van der Waals surface area contributed by atoms with E-state index in [1.807, 2.05) is 62.6 Å². The Labute approximate surface area is 126 Å². The number of esters is 1. The smallest absolute Gasteiger partial charge is 0.338 e. The summed E-state index contributed by atoms with van der Waals surface area (Å²) in [6, 6.07) is 19.0. The zero-order valence-electron chi connectivity index (χ0n) is 12.5. The van der Waals surface area contributed by atoms with Gasteiger partial charge in [-0.15, -0.1) is 0 Å². The van der Waals surface area contributed by atoms with E-state index < -0.39 is 0 Å². The van der Waals surface area contributed by atoms with Crippen molar-refractivity contribution < 1.29 is 9.53 Å². The van der Waals surface area contributed by atoms with Crippen molar-refractivity contribution in [2.45, 2.75) is 12.5 Å². The van der Waals surface area contributed by atoms with E-state index in [-0.39, 0.29) is 12.1 Å². The van der Waals surface area contributed by atoms with Crippen LogP contribution in [0.2, 0.25) is 0 Å². The molecular weight excluding hydrogens is 262 g/mol. The van der Waals surface area contributed by atoms with Gasteiger partial charge in [0.25, 0.3) is 0 Å². The molecule has 0 bridgehead atoms. The molecule has 1 unspecified atom stereocenters. The fourth-order valence-corrected chi connectivity index (χ4v) is 2.11. The number of carbonyl (C=O) groups excluding carboxylic acids is 1. The summed E-state index contributed by atoms with van der Waals surface area (Å²) in [6.45, 7) is 0.863. The van der Waals surface area contributed by atoms with Crippen LogP contribution >= 0.6 is 0 Å². The van der Waals surface area contributed by atoms with Crippen molar-refractivity contribution in [3.8, 4) is 0 Å². The highest BCUT2D eigenvalue weighted by Crippen LogP contribution is 2.22. The summed E-state index contributed by atoms with van der Waals surface area (Å²) in [7, 11) is 4.03. The SMILES string of the molecule is CN(C)CCC(OC(=O)c1ccccc1)c1ccccc1. The van der Waals surface area contributed by atoms with E-state index in [1.54, 1.807) is 12.1 Å². The Morgan fingerprint density at radius 1 is 1.00 bits per heavy atom. The fraction of sp³-hybridized carbons (Fsp3) is 0.278. The minimum Gasteiger partial charge on any atom is -0.454 e. The minimum atomic E-state index is -0.275. The van der Waals surface area contributed by atoms with E-state index >= 15 is 0 Å². The van der Waals surface area contributed by atoms with Gasteiger partial charge in [-0.2, -0.15) is 0 Å². The Balaban J connectivity index is 2.10. The lowest BCUT2D eigenvalue weighted by atomic mass is 10.1. The van der Waals surface area contributed by atoms with Crippen molar-refractivity contribution in [1.82, 2.24) is 4.90 Å². The molecule has 0 aliphatic heterocycles. The molecule has 21 heavy (non-hydrogen) atoms. The molecule has 110 valence electrons. The monoisotopic (exact) mass is 283 g/mol. The van der Waals surface area contributed by atoms with E-state index in [9.17, 15) is 4.79 Å². The van der Waals surface area contributed by atoms with Crippen molar-refractivity contribution >= 4 is 5.97 Å². The van der Waals surface area contributed by atoms with Gasteiger partial charge in [-0.05, 0) is 31.8 Å². The van der Waals surface area contributed by atoms with E-state index in [0.29, 0.717) is 5.56 Å². The molecule has 0 heterocycles. The molecule has 0 saturated heterocycles. The Hall–Kier alpha value is -2.13. The van der Waals surface area contributed by atoms with Gasteiger partial charge in [0.2, 0.25) is 0 Å². The molecule has 0 saturated carbocycles. The molecule has 1 atom stereocenters. The maximum Gasteiger partial charge on any atom is 0.338 e. The molecule has 0 aliphatic rings. The lowest BCUT2D eigenvalue weighted by Gasteiger charge is -2.20. The highest BCUT2D eigenvalue weighted by Gasteiger charge is 2.17. The van der Waals surface area contributed by atoms with E-state index in [2.05, 4.69) is 4.90 Å². The van der Waals surface area contributed by atoms with Gasteiger partial charge in [0.15, 0.2) is 0 Å². The summed E-state index contributed by atoms with van der Waals surface area (Å²) in [5.41, 5.74) is 1.62. The molecule has 3 heteroatoms. The van der Waals surface area contributed by atoms with Gasteiger partial charge >= 0.3 is 5.97 Å². The van der Waals surface area contributed by atoms with Crippen molar-refractivity contribution in [2.75, 3.05) is 20.6 Å². The van der Waals surface area contributed by atoms with Crippen LogP contribution in [0.5, 0.6) is 0 Å². The summed E-state index contributed by atoms with van der Waals surface area (Å²) >= 11 is 0. The molecule has 0 radical (unpaired) electrons. The van der Waals surface area contributed by atoms with Gasteiger partial charge in [-0.1, -0.05) is 48.5 Å². The van der Waals surface area contributed by atoms with Crippen LogP contribution in [0, 0.1) is 0 Å². The molecule has 0 aromatic heterocycles. The summed E-state index contributed by atoms with van der Waals surface area (Å²) in [5.74, 6) is -0.275. The molecule has 0 aliphatic carbocycles. The van der Waals surface area contributed by atoms with Crippen molar-refractivity contribution in [3.05, 3.63) is 71.8 Å². The molecule has 0 amide bonds. The fourth-order valence-electron chi connectivity index (χ4n) is 2.11. The van der Waals surface area contributed by atoms with Crippen LogP contribution < -0.4 is 0 Å². The minimum absolute atomic E-state index is 0.221. The second-order valence-electron chi connectivity index (χ2n) is 5.26. The predicted octanol–water partition coefficient (Wildman–Crippen LogP) is 3.54. The topological polar surface area (TPSA) is 29.5 Å². The lowest BCUT2D eigenvalue weighted by Crippen LogP contribution is -2.19. The highest BCUT2D eigenvalue weighted by molar-refractivity contribution is 5.89. The average molecular weight is 283 g/mol. The first-order chi connectivity index (χ1) is 10.2. The molecule has 2 rings (SSSR count). The largest absolute Gasteiger partial charge is 0.454 e. The third kappa shape index (κ3) is 4.72. The number of rotatable bonds is 6. The predicted molar refractivity (Wildman–Crippen MR) is 84.2 cm³/mol. The summed E-state index contributed by atoms with van der Waals surface area (Å²) < 4.78 is 5.71. The number of hydrogen-bond donors (Lipinski definition) is 0. The third-order valence-electron chi connectivity index (χ3n) is 3.27. The maximum atomic E-state index is 12.2. The van der Waals surface area contributed by atoms with Crippen molar-refractivity contribution in [1.29, 1.82) is 0 Å². The molecule has 0 spiro atoms. The highest BCUT2D eigenvalue weighted by atomic mass is 16.5. The standard InChI is InChI=1S/C18H21NO2/c1-19(2)14-13-17(15-9-5-3-6-10-15)21-18(20)16-11-7-4-8-12-16/h3-12,17H,13-14H2,1-2H3. The van der Waals surface area contributed by atoms with Gasteiger partial charge < -0.3 is 9.64 Å². The van der Waals surface area contributed by atoms with Crippen LogP contribution in [0.15, 0.2) is 60.7 Å². The van der Waals surface area contributed by atoms with Crippen LogP contribution in [-0.4, -0.2) is 31.5 Å². The van der Waals surface area contributed by atoms with E-state index in [4.69, 9.17) is 4.74 Å². The maximum absolute atomic E-state index is 12.2. The van der Waals surface area contributed by atoms with Crippen LogP contribution in [-0.2, 0) is 4.74 Å². The Kier molecular flexibility index (Phi) is 5.52. The molecule has 2 aromatic carbocycles. The van der Waals surface area contributed by atoms with Gasteiger partial charge in [0.05, 0.1) is 5.56 Å². The molecule has 2 aromatic rings. The number of nitrogens with zero attached hydrogens (tertiary/aromatic N) is 1. The van der Waals surface area contributed by atoms with Crippen LogP contribution in [0.3, 0.4) is 0 Å². The molecule has 3 nitrogen and oxygen atoms in total. The van der Waals surface area contributed by atoms with Crippen molar-refractivity contribution in [3.63, 3.8) is 0 Å². The summed E-state index contributed by atoms with van der Waals surface area (Å²) in [4.78, 5) is 14.3. The number of ether oxygens (including phenoxy) is 1. The lowest BCUT2D eigenvalue weighted by molar-refractivity contribution is 0.0261. The molecular formula is C18H21NO2. The average Bonchev–Trinajstić information content (AvgIpc) is 2.52. The van der Waals surface area contributed by atoms with Gasteiger partial charge in [0.1, 0.15) is 6.10 Å². The summed E-state index contributed by atoms with van der Waals surface area (Å²) in [6.07, 6.45) is 0.552. The number of carbonyl (C=O) groups is 1. The second kappa shape index (κ2) is 7.60. The third-order valence-corrected chi connectivity index (χ3v) is 3.27. The second-order valence-corrected chi connectivity index (χ2v) is 5.26. The normalized spacial score (nSPS) is 12.1. The van der Waals surface area contributed by atoms with Gasteiger partial charge in [0, 0.05) is 13.0 Å². The van der Waals surface area contributed by atoms with E-state index in [0.717, 1.165) is 18.5 Å². The zero-order valence-corrected chi connectivity index (χ0v) is 12.5. The number of benzene rings is 2. The zero-order chi connectivity index (χ0) is 15.1. The Morgan fingerprint density at radius 3 is 2.14 bits per heavy atom. The first kappa shape index (κ1) is 15.3. The first-order valence-electron chi connectivity index (χ1n) is 7.12. The van der Waals surface area contributed by atoms with Gasteiger partial charge in [-0.25, -0.2) is 4.79 Å². The van der Waals surface area contributed by atoms with Crippen LogP contribution in [0.4, 0.5) is 0 Å². The molecule has 0 N–H and O–H groups in total. The first-order valence-corrected chi connectivity index (χ1v) is 7.12. The Morgan fingerprint density at radius 2 is 1.57 bits per heavy atom. The van der Waals surface area contributed by atoms with Gasteiger partial charge in [-0.3, -0.25) is 0 Å². The van der Waals surface area contributed by atoms with Crippen LogP contribution in [0.25, 0.3) is 0 Å². The molecule has 0 fully saturated rings.